The average Bonchev–Trinajstić information content (AvgIpc) is 2.59. The van der Waals surface area contributed by atoms with Crippen LogP contribution in [0.5, 0.6) is 11.5 Å². The number of methoxy groups -OCH3 is 1. The number of hydrogen-bond acceptors (Lipinski definition) is 3. The first-order chi connectivity index (χ1) is 11.4. The third-order valence-electron chi connectivity index (χ3n) is 4.22. The minimum atomic E-state index is -0.265. The van der Waals surface area contributed by atoms with E-state index in [2.05, 4.69) is 26.1 Å². The molecule has 5 heteroatoms. The molecule has 2 rings (SSSR count). The van der Waals surface area contributed by atoms with Crippen LogP contribution in [0.2, 0.25) is 0 Å². The average molecular weight is 368 g/mol. The topological polar surface area (TPSA) is 30.5 Å². The third kappa shape index (κ3) is 6.22. The van der Waals surface area contributed by atoms with Crippen LogP contribution in [0.15, 0.2) is 42.5 Å². The molecule has 3 nitrogen and oxygen atoms in total. The molecule has 0 saturated heterocycles. The second-order valence-electron chi connectivity index (χ2n) is 6.46. The lowest BCUT2D eigenvalue weighted by Crippen LogP contribution is -2.37. The molecule has 0 saturated carbocycles. The summed E-state index contributed by atoms with van der Waals surface area (Å²) in [4.78, 5) is 0. The van der Waals surface area contributed by atoms with Crippen LogP contribution in [-0.4, -0.2) is 12.6 Å². The van der Waals surface area contributed by atoms with Gasteiger partial charge >= 0.3 is 0 Å². The Balaban J connectivity index is 0.00000312. The van der Waals surface area contributed by atoms with Crippen LogP contribution >= 0.6 is 12.4 Å². The summed E-state index contributed by atoms with van der Waals surface area (Å²) in [6.45, 7) is 7.44. The lowest BCUT2D eigenvalue weighted by molar-refractivity contribution is 0.279. The van der Waals surface area contributed by atoms with Crippen LogP contribution in [0.3, 0.4) is 0 Å². The van der Waals surface area contributed by atoms with E-state index in [-0.39, 0.29) is 30.4 Å². The molecule has 0 radical (unpaired) electrons. The maximum absolute atomic E-state index is 13.7. The van der Waals surface area contributed by atoms with Gasteiger partial charge < -0.3 is 14.8 Å². The Morgan fingerprint density at radius 2 is 1.80 bits per heavy atom. The van der Waals surface area contributed by atoms with E-state index in [1.807, 2.05) is 18.2 Å². The van der Waals surface area contributed by atoms with E-state index in [4.69, 9.17) is 9.47 Å². The van der Waals surface area contributed by atoms with Crippen molar-refractivity contribution < 1.29 is 13.9 Å². The number of benzene rings is 2. The van der Waals surface area contributed by atoms with Crippen LogP contribution in [-0.2, 0) is 13.2 Å². The van der Waals surface area contributed by atoms with Gasteiger partial charge in [0.25, 0.3) is 0 Å². The first-order valence-electron chi connectivity index (χ1n) is 8.23. The van der Waals surface area contributed by atoms with Gasteiger partial charge in [0.05, 0.1) is 7.11 Å². The molecule has 138 valence electrons. The summed E-state index contributed by atoms with van der Waals surface area (Å²) in [5.74, 6) is 0.998. The predicted octanol–water partition coefficient (Wildman–Crippen LogP) is 5.11. The lowest BCUT2D eigenvalue weighted by Gasteiger charge is -2.24. The van der Waals surface area contributed by atoms with Gasteiger partial charge in [0.15, 0.2) is 11.5 Å². The normalized spacial score (nSPS) is 10.9. The molecular weight excluding hydrogens is 341 g/mol. The second-order valence-corrected chi connectivity index (χ2v) is 6.46. The van der Waals surface area contributed by atoms with Gasteiger partial charge in [-0.2, -0.15) is 0 Å². The molecule has 2 aromatic carbocycles. The highest BCUT2D eigenvalue weighted by atomic mass is 35.5. The van der Waals surface area contributed by atoms with Crippen molar-refractivity contribution in [2.45, 2.75) is 45.9 Å². The first-order valence-corrected chi connectivity index (χ1v) is 8.23. The lowest BCUT2D eigenvalue weighted by atomic mass is 10.0. The summed E-state index contributed by atoms with van der Waals surface area (Å²) in [5, 5.41) is 3.52. The maximum atomic E-state index is 13.7. The zero-order chi connectivity index (χ0) is 17.6. The highest BCUT2D eigenvalue weighted by molar-refractivity contribution is 5.85. The fourth-order valence-corrected chi connectivity index (χ4v) is 2.18. The summed E-state index contributed by atoms with van der Waals surface area (Å²) in [7, 11) is 1.61. The fraction of sp³-hybridized carbons (Fsp3) is 0.400. The van der Waals surface area contributed by atoms with Crippen LogP contribution in [0, 0.1) is 5.82 Å². The molecule has 2 aromatic rings. The van der Waals surface area contributed by atoms with Gasteiger partial charge in [0, 0.05) is 17.6 Å². The molecule has 0 heterocycles. The van der Waals surface area contributed by atoms with Gasteiger partial charge in [-0.15, -0.1) is 12.4 Å². The Hall–Kier alpha value is -1.78. The zero-order valence-corrected chi connectivity index (χ0v) is 16.1. The van der Waals surface area contributed by atoms with E-state index >= 15 is 0 Å². The van der Waals surface area contributed by atoms with Gasteiger partial charge in [-0.3, -0.25) is 0 Å². The van der Waals surface area contributed by atoms with Gasteiger partial charge in [-0.05, 0) is 44.0 Å². The summed E-state index contributed by atoms with van der Waals surface area (Å²) in [6.07, 6.45) is 1.05. The molecule has 0 atom stereocenters. The number of rotatable bonds is 8. The van der Waals surface area contributed by atoms with Crippen molar-refractivity contribution in [3.63, 3.8) is 0 Å². The van der Waals surface area contributed by atoms with Crippen molar-refractivity contribution in [2.24, 2.45) is 0 Å². The molecule has 0 aliphatic rings. The van der Waals surface area contributed by atoms with E-state index in [0.717, 1.165) is 18.5 Å². The van der Waals surface area contributed by atoms with Gasteiger partial charge in [-0.25, -0.2) is 4.39 Å². The Morgan fingerprint density at radius 3 is 2.44 bits per heavy atom. The minimum Gasteiger partial charge on any atom is -0.493 e. The maximum Gasteiger partial charge on any atom is 0.161 e. The van der Waals surface area contributed by atoms with E-state index in [9.17, 15) is 4.39 Å². The summed E-state index contributed by atoms with van der Waals surface area (Å²) in [5.41, 5.74) is 1.73. The Bertz CT molecular complexity index is 676. The molecule has 0 amide bonds. The quantitative estimate of drug-likeness (QED) is 0.703. The monoisotopic (exact) mass is 367 g/mol. The van der Waals surface area contributed by atoms with Crippen molar-refractivity contribution in [3.8, 4) is 11.5 Å². The van der Waals surface area contributed by atoms with Crippen molar-refractivity contribution in [2.75, 3.05) is 7.11 Å². The van der Waals surface area contributed by atoms with Crippen LogP contribution < -0.4 is 14.8 Å². The Labute approximate surface area is 156 Å². The van der Waals surface area contributed by atoms with Crippen molar-refractivity contribution in [3.05, 3.63) is 59.4 Å². The van der Waals surface area contributed by atoms with Gasteiger partial charge in [-0.1, -0.05) is 31.2 Å². The van der Waals surface area contributed by atoms with Crippen molar-refractivity contribution in [1.82, 2.24) is 5.32 Å². The SMILES string of the molecule is CCC(C)(C)NCc1ccc(OCc2ccccc2F)c(OC)c1.Cl. The fourth-order valence-electron chi connectivity index (χ4n) is 2.18. The molecule has 0 aliphatic heterocycles. The van der Waals surface area contributed by atoms with E-state index in [1.54, 1.807) is 25.3 Å². The molecule has 1 N–H and O–H groups in total. The Kier molecular flexibility index (Phi) is 8.20. The van der Waals surface area contributed by atoms with E-state index in [1.165, 1.54) is 6.07 Å². The van der Waals surface area contributed by atoms with Crippen molar-refractivity contribution in [1.29, 1.82) is 0 Å². The Morgan fingerprint density at radius 1 is 1.08 bits per heavy atom. The third-order valence-corrected chi connectivity index (χ3v) is 4.22. The van der Waals surface area contributed by atoms with Crippen LogP contribution in [0.4, 0.5) is 4.39 Å². The zero-order valence-electron chi connectivity index (χ0n) is 15.3. The van der Waals surface area contributed by atoms with Crippen molar-refractivity contribution >= 4 is 12.4 Å². The summed E-state index contributed by atoms with van der Waals surface area (Å²) < 4.78 is 24.8. The second kappa shape index (κ2) is 9.64. The number of ether oxygens (including phenoxy) is 2. The predicted molar refractivity (Wildman–Crippen MR) is 102 cm³/mol. The highest BCUT2D eigenvalue weighted by Crippen LogP contribution is 2.29. The van der Waals surface area contributed by atoms with Gasteiger partial charge in [0.1, 0.15) is 12.4 Å². The van der Waals surface area contributed by atoms with Crippen LogP contribution in [0.25, 0.3) is 0 Å². The van der Waals surface area contributed by atoms with Crippen LogP contribution in [0.1, 0.15) is 38.3 Å². The molecule has 0 aliphatic carbocycles. The summed E-state index contributed by atoms with van der Waals surface area (Å²) in [6, 6.07) is 12.4. The smallest absolute Gasteiger partial charge is 0.161 e. The number of halogens is 2. The highest BCUT2D eigenvalue weighted by Gasteiger charge is 2.14. The number of nitrogens with one attached hydrogen (secondary N) is 1. The molecule has 0 aromatic heterocycles. The standard InChI is InChI=1S/C20H26FNO2.ClH/c1-5-20(2,3)22-13-15-10-11-18(19(12-15)23-4)24-14-16-8-6-7-9-17(16)21;/h6-12,22H,5,13-14H2,1-4H3;1H. The largest absolute Gasteiger partial charge is 0.493 e. The molecule has 25 heavy (non-hydrogen) atoms. The minimum absolute atomic E-state index is 0. The number of hydrogen-bond donors (Lipinski definition) is 1. The summed E-state index contributed by atoms with van der Waals surface area (Å²) >= 11 is 0. The molecule has 0 bridgehead atoms. The van der Waals surface area contributed by atoms with E-state index in [0.29, 0.717) is 17.1 Å². The molecule has 0 fully saturated rings. The molecule has 0 spiro atoms. The van der Waals surface area contributed by atoms with E-state index < -0.39 is 0 Å². The first kappa shape index (κ1) is 21.3. The molecule has 0 unspecified atom stereocenters. The van der Waals surface area contributed by atoms with Gasteiger partial charge in [0.2, 0.25) is 0 Å². The molecular formula is C20H27ClFNO2.